The van der Waals surface area contributed by atoms with Gasteiger partial charge < -0.3 is 5.32 Å². The molecule has 1 fully saturated rings. The summed E-state index contributed by atoms with van der Waals surface area (Å²) < 4.78 is 13.6. The summed E-state index contributed by atoms with van der Waals surface area (Å²) in [5.74, 6) is 0.102. The zero-order chi connectivity index (χ0) is 13.7. The van der Waals surface area contributed by atoms with E-state index in [1.165, 1.54) is 38.2 Å². The number of rotatable bonds is 5. The maximum Gasteiger partial charge on any atom is 0.254 e. The molecule has 0 spiro atoms. The van der Waals surface area contributed by atoms with E-state index < -0.39 is 5.82 Å². The highest BCUT2D eigenvalue weighted by Gasteiger charge is 2.15. The first-order valence-corrected chi connectivity index (χ1v) is 7.21. The summed E-state index contributed by atoms with van der Waals surface area (Å²) in [7, 11) is 0. The largest absolute Gasteiger partial charge is 0.352 e. The Hall–Kier alpha value is -1.38. The third-order valence-corrected chi connectivity index (χ3v) is 3.92. The molecule has 1 amide bonds. The van der Waals surface area contributed by atoms with Gasteiger partial charge in [-0.3, -0.25) is 4.79 Å². The van der Waals surface area contributed by atoms with E-state index in [0.717, 1.165) is 17.9 Å². The predicted molar refractivity (Wildman–Crippen MR) is 74.7 cm³/mol. The standard InChI is InChI=1S/C16H22FNO/c1-12-8-9-14(15(17)11-12)16(19)18-10-4-7-13-5-2-3-6-13/h8-9,11,13H,2-7,10H2,1H3,(H,18,19). The molecular formula is C16H22FNO. The Morgan fingerprint density at radius 2 is 2.11 bits per heavy atom. The molecule has 3 heteroatoms. The normalized spacial score (nSPS) is 15.7. The van der Waals surface area contributed by atoms with Gasteiger partial charge in [0.15, 0.2) is 0 Å². The summed E-state index contributed by atoms with van der Waals surface area (Å²) in [5.41, 5.74) is 0.974. The second-order valence-corrected chi connectivity index (χ2v) is 5.53. The van der Waals surface area contributed by atoms with Crippen LogP contribution in [0.3, 0.4) is 0 Å². The van der Waals surface area contributed by atoms with Crippen LogP contribution in [0.2, 0.25) is 0 Å². The summed E-state index contributed by atoms with van der Waals surface area (Å²) in [6.07, 6.45) is 7.54. The van der Waals surface area contributed by atoms with Gasteiger partial charge in [0, 0.05) is 6.54 Å². The van der Waals surface area contributed by atoms with Crippen LogP contribution in [0.15, 0.2) is 18.2 Å². The summed E-state index contributed by atoms with van der Waals surface area (Å²) in [6, 6.07) is 4.71. The Morgan fingerprint density at radius 3 is 2.79 bits per heavy atom. The topological polar surface area (TPSA) is 29.1 Å². The molecule has 0 heterocycles. The van der Waals surface area contributed by atoms with E-state index in [4.69, 9.17) is 0 Å². The quantitative estimate of drug-likeness (QED) is 0.804. The fourth-order valence-corrected chi connectivity index (χ4v) is 2.79. The molecule has 0 aliphatic heterocycles. The first-order chi connectivity index (χ1) is 9.16. The van der Waals surface area contributed by atoms with Gasteiger partial charge in [-0.25, -0.2) is 4.39 Å². The predicted octanol–water partition coefficient (Wildman–Crippen LogP) is 3.83. The van der Waals surface area contributed by atoms with Crippen LogP contribution in [0.4, 0.5) is 4.39 Å². The van der Waals surface area contributed by atoms with Crippen LogP contribution >= 0.6 is 0 Å². The third kappa shape index (κ3) is 4.05. The minimum Gasteiger partial charge on any atom is -0.352 e. The van der Waals surface area contributed by atoms with Gasteiger partial charge in [0.1, 0.15) is 5.82 Å². The van der Waals surface area contributed by atoms with E-state index in [-0.39, 0.29) is 11.5 Å². The molecule has 2 nitrogen and oxygen atoms in total. The van der Waals surface area contributed by atoms with E-state index in [1.807, 2.05) is 6.92 Å². The van der Waals surface area contributed by atoms with Gasteiger partial charge in [-0.15, -0.1) is 0 Å². The average Bonchev–Trinajstić information content (AvgIpc) is 2.87. The minimum atomic E-state index is -0.437. The van der Waals surface area contributed by atoms with Gasteiger partial charge in [0.2, 0.25) is 0 Å². The Balaban J connectivity index is 1.74. The van der Waals surface area contributed by atoms with Gasteiger partial charge in [-0.2, -0.15) is 0 Å². The molecule has 1 aliphatic carbocycles. The van der Waals surface area contributed by atoms with Gasteiger partial charge in [-0.05, 0) is 43.4 Å². The molecule has 0 saturated heterocycles. The van der Waals surface area contributed by atoms with Crippen LogP contribution in [-0.4, -0.2) is 12.5 Å². The van der Waals surface area contributed by atoms with Crippen molar-refractivity contribution in [2.45, 2.75) is 45.4 Å². The Labute approximate surface area is 114 Å². The zero-order valence-electron chi connectivity index (χ0n) is 11.5. The number of halogens is 1. The molecule has 2 rings (SSSR count). The smallest absolute Gasteiger partial charge is 0.254 e. The fourth-order valence-electron chi connectivity index (χ4n) is 2.79. The molecule has 0 aromatic heterocycles. The fraction of sp³-hybridized carbons (Fsp3) is 0.562. The number of hydrogen-bond donors (Lipinski definition) is 1. The number of amides is 1. The molecule has 0 unspecified atom stereocenters. The first kappa shape index (κ1) is 14.0. The average molecular weight is 263 g/mol. The third-order valence-electron chi connectivity index (χ3n) is 3.92. The number of carbonyl (C=O) groups excluding carboxylic acids is 1. The van der Waals surface area contributed by atoms with Crippen molar-refractivity contribution in [3.05, 3.63) is 35.1 Å². The van der Waals surface area contributed by atoms with Crippen molar-refractivity contribution in [2.24, 2.45) is 5.92 Å². The number of aryl methyl sites for hydroxylation is 1. The lowest BCUT2D eigenvalue weighted by molar-refractivity contribution is 0.0948. The highest BCUT2D eigenvalue weighted by Crippen LogP contribution is 2.28. The maximum absolute atomic E-state index is 13.6. The zero-order valence-corrected chi connectivity index (χ0v) is 11.5. The molecule has 1 aromatic rings. The molecule has 1 N–H and O–H groups in total. The van der Waals surface area contributed by atoms with Crippen LogP contribution in [0, 0.1) is 18.7 Å². The highest BCUT2D eigenvalue weighted by molar-refractivity contribution is 5.94. The van der Waals surface area contributed by atoms with Crippen LogP contribution < -0.4 is 5.32 Å². The van der Waals surface area contributed by atoms with Crippen molar-refractivity contribution in [1.82, 2.24) is 5.32 Å². The molecular weight excluding hydrogens is 241 g/mol. The van der Waals surface area contributed by atoms with Crippen molar-refractivity contribution in [3.63, 3.8) is 0 Å². The van der Waals surface area contributed by atoms with Crippen LogP contribution in [0.1, 0.15) is 54.4 Å². The van der Waals surface area contributed by atoms with E-state index in [2.05, 4.69) is 5.32 Å². The van der Waals surface area contributed by atoms with Crippen LogP contribution in [-0.2, 0) is 0 Å². The molecule has 104 valence electrons. The monoisotopic (exact) mass is 263 g/mol. The first-order valence-electron chi connectivity index (χ1n) is 7.21. The van der Waals surface area contributed by atoms with E-state index in [1.54, 1.807) is 12.1 Å². The van der Waals surface area contributed by atoms with Gasteiger partial charge in [-0.1, -0.05) is 31.7 Å². The van der Waals surface area contributed by atoms with Gasteiger partial charge in [0.25, 0.3) is 5.91 Å². The SMILES string of the molecule is Cc1ccc(C(=O)NCCCC2CCCC2)c(F)c1. The lowest BCUT2D eigenvalue weighted by Gasteiger charge is -2.10. The molecule has 1 aromatic carbocycles. The van der Waals surface area contributed by atoms with Crippen molar-refractivity contribution >= 4 is 5.91 Å². The number of benzene rings is 1. The Kier molecular flexibility index (Phi) is 4.94. The van der Waals surface area contributed by atoms with E-state index in [0.29, 0.717) is 6.54 Å². The molecule has 1 aliphatic rings. The van der Waals surface area contributed by atoms with Crippen molar-refractivity contribution in [1.29, 1.82) is 0 Å². The van der Waals surface area contributed by atoms with Crippen molar-refractivity contribution in [3.8, 4) is 0 Å². The molecule has 1 saturated carbocycles. The molecule has 0 radical (unpaired) electrons. The second kappa shape index (κ2) is 6.69. The van der Waals surface area contributed by atoms with Crippen molar-refractivity contribution in [2.75, 3.05) is 6.54 Å². The molecule has 0 atom stereocenters. The second-order valence-electron chi connectivity index (χ2n) is 5.53. The Bertz CT molecular complexity index is 438. The summed E-state index contributed by atoms with van der Waals surface area (Å²) in [6.45, 7) is 2.45. The summed E-state index contributed by atoms with van der Waals surface area (Å²) >= 11 is 0. The minimum absolute atomic E-state index is 0.145. The van der Waals surface area contributed by atoms with Crippen molar-refractivity contribution < 1.29 is 9.18 Å². The summed E-state index contributed by atoms with van der Waals surface area (Å²) in [5, 5.41) is 2.80. The molecule has 0 bridgehead atoms. The molecule has 19 heavy (non-hydrogen) atoms. The number of hydrogen-bond acceptors (Lipinski definition) is 1. The summed E-state index contributed by atoms with van der Waals surface area (Å²) in [4.78, 5) is 11.8. The lowest BCUT2D eigenvalue weighted by atomic mass is 10.0. The lowest BCUT2D eigenvalue weighted by Crippen LogP contribution is -2.25. The van der Waals surface area contributed by atoms with E-state index >= 15 is 0 Å². The Morgan fingerprint density at radius 1 is 1.37 bits per heavy atom. The van der Waals surface area contributed by atoms with Gasteiger partial charge >= 0.3 is 0 Å². The highest BCUT2D eigenvalue weighted by atomic mass is 19.1. The van der Waals surface area contributed by atoms with Crippen LogP contribution in [0.25, 0.3) is 0 Å². The van der Waals surface area contributed by atoms with E-state index in [9.17, 15) is 9.18 Å². The number of carbonyl (C=O) groups is 1. The number of nitrogens with one attached hydrogen (secondary N) is 1. The van der Waals surface area contributed by atoms with Crippen LogP contribution in [0.5, 0.6) is 0 Å². The maximum atomic E-state index is 13.6. The van der Waals surface area contributed by atoms with Gasteiger partial charge in [0.05, 0.1) is 5.56 Å².